The zero-order chi connectivity index (χ0) is 24.1. The molecule has 0 fully saturated rings. The van der Waals surface area contributed by atoms with Crippen LogP contribution in [0.4, 0.5) is 13.2 Å². The highest BCUT2D eigenvalue weighted by Gasteiger charge is 2.57. The molecule has 2 unspecified atom stereocenters. The van der Waals surface area contributed by atoms with Gasteiger partial charge in [0.05, 0.1) is 11.0 Å². The van der Waals surface area contributed by atoms with E-state index in [-0.39, 0.29) is 17.5 Å². The van der Waals surface area contributed by atoms with Gasteiger partial charge in [-0.2, -0.15) is 13.2 Å². The van der Waals surface area contributed by atoms with E-state index < -0.39 is 29.9 Å². The van der Waals surface area contributed by atoms with Gasteiger partial charge in [-0.3, -0.25) is 4.79 Å². The van der Waals surface area contributed by atoms with Gasteiger partial charge in [0.15, 0.2) is 0 Å². The summed E-state index contributed by atoms with van der Waals surface area (Å²) in [5.41, 5.74) is -1.23. The van der Waals surface area contributed by atoms with Gasteiger partial charge < -0.3 is 15.0 Å². The molecule has 0 bridgehead atoms. The predicted octanol–water partition coefficient (Wildman–Crippen LogP) is 4.85. The van der Waals surface area contributed by atoms with Gasteiger partial charge in [0.25, 0.3) is 0 Å². The van der Waals surface area contributed by atoms with E-state index in [1.807, 2.05) is 42.5 Å². The van der Waals surface area contributed by atoms with Crippen molar-refractivity contribution in [1.29, 1.82) is 0 Å². The molecule has 0 aliphatic heterocycles. The van der Waals surface area contributed by atoms with Crippen molar-refractivity contribution in [3.05, 3.63) is 89.0 Å². The third-order valence-electron chi connectivity index (χ3n) is 5.13. The first-order valence-electron chi connectivity index (χ1n) is 10.1. The highest BCUT2D eigenvalue weighted by atomic mass is 35.5. The Morgan fingerprint density at radius 3 is 2.36 bits per heavy atom. The number of nitrogens with zero attached hydrogens (tertiary/aromatic N) is 2. The van der Waals surface area contributed by atoms with E-state index in [0.29, 0.717) is 5.02 Å². The Balaban J connectivity index is 1.63. The van der Waals surface area contributed by atoms with Crippen molar-refractivity contribution in [2.75, 3.05) is 12.3 Å². The molecule has 33 heavy (non-hydrogen) atoms. The van der Waals surface area contributed by atoms with Gasteiger partial charge in [-0.1, -0.05) is 54.1 Å². The number of halogens is 4. The maximum atomic E-state index is 13.6. The van der Waals surface area contributed by atoms with Crippen LogP contribution in [0.15, 0.2) is 67.0 Å². The number of benzene rings is 2. The van der Waals surface area contributed by atoms with Gasteiger partial charge in [0.2, 0.25) is 11.5 Å². The summed E-state index contributed by atoms with van der Waals surface area (Å²) in [6.45, 7) is -0.362. The molecule has 5 nitrogen and oxygen atoms in total. The number of amides is 1. The second-order valence-electron chi connectivity index (χ2n) is 7.47. The van der Waals surface area contributed by atoms with Crippen molar-refractivity contribution in [2.24, 2.45) is 7.05 Å². The molecule has 0 aliphatic rings. The molecule has 10 heteroatoms. The van der Waals surface area contributed by atoms with E-state index in [4.69, 9.17) is 11.6 Å². The lowest BCUT2D eigenvalue weighted by molar-refractivity contribution is -0.272. The number of rotatable bonds is 9. The number of hydrogen-bond donors (Lipinski definition) is 2. The number of aryl methyl sites for hydroxylation is 1. The summed E-state index contributed by atoms with van der Waals surface area (Å²) >= 11 is 7.33. The number of hydrogen-bond acceptors (Lipinski definition) is 4. The first-order valence-corrected chi connectivity index (χ1v) is 11.5. The summed E-state index contributed by atoms with van der Waals surface area (Å²) in [5, 5.41) is 13.3. The van der Waals surface area contributed by atoms with Crippen molar-refractivity contribution < 1.29 is 23.1 Å². The molecule has 176 valence electrons. The zero-order valence-electron chi connectivity index (χ0n) is 17.7. The average molecular weight is 498 g/mol. The topological polar surface area (TPSA) is 67.2 Å². The number of carbonyl (C=O) groups is 1. The highest BCUT2D eigenvalue weighted by Crippen LogP contribution is 2.40. The van der Waals surface area contributed by atoms with Crippen LogP contribution in [0.2, 0.25) is 5.02 Å². The van der Waals surface area contributed by atoms with Crippen LogP contribution in [0.5, 0.6) is 0 Å². The lowest BCUT2D eigenvalue weighted by atomic mass is 9.97. The van der Waals surface area contributed by atoms with Gasteiger partial charge in [0.1, 0.15) is 5.82 Å². The molecule has 2 aromatic carbocycles. The number of imidazole rings is 1. The molecule has 0 spiro atoms. The molecule has 3 rings (SSSR count). The van der Waals surface area contributed by atoms with Crippen LogP contribution in [-0.4, -0.2) is 39.0 Å². The fourth-order valence-corrected chi connectivity index (χ4v) is 4.63. The van der Waals surface area contributed by atoms with E-state index in [1.165, 1.54) is 31.2 Å². The number of aromatic nitrogens is 2. The summed E-state index contributed by atoms with van der Waals surface area (Å²) in [6, 6.07) is 16.9. The quantitative estimate of drug-likeness (QED) is 0.443. The minimum absolute atomic E-state index is 0.0229. The maximum absolute atomic E-state index is 13.6. The standard InChI is InChI=1S/C23H23ClF3N3O2S/c1-30-14-13-29-21(30)22(32,23(25,26)27)11-12-28-19(31)15-33-20(16-5-3-2-4-6-16)17-7-9-18(24)10-8-17/h2-10,13-14,20,32H,11-12,15H2,1H3,(H,28,31). The SMILES string of the molecule is Cn1ccnc1C(O)(CCNC(=O)CSC(c1ccccc1)c1ccc(Cl)cc1)C(F)(F)F. The van der Waals surface area contributed by atoms with Crippen LogP contribution in [0.25, 0.3) is 0 Å². The molecule has 0 saturated carbocycles. The van der Waals surface area contributed by atoms with E-state index in [2.05, 4.69) is 10.3 Å². The Hall–Kier alpha value is -2.49. The lowest BCUT2D eigenvalue weighted by Gasteiger charge is -2.30. The number of thioether (sulfide) groups is 1. The monoisotopic (exact) mass is 497 g/mol. The van der Waals surface area contributed by atoms with Crippen molar-refractivity contribution in [3.8, 4) is 0 Å². The Labute approximate surface area is 199 Å². The van der Waals surface area contributed by atoms with Gasteiger partial charge in [-0.05, 0) is 23.3 Å². The Kier molecular flexibility index (Phi) is 8.10. The minimum Gasteiger partial charge on any atom is -0.374 e. The first kappa shape index (κ1) is 25.1. The molecule has 2 atom stereocenters. The molecule has 1 heterocycles. The van der Waals surface area contributed by atoms with Gasteiger partial charge in [0, 0.05) is 37.4 Å². The van der Waals surface area contributed by atoms with Crippen LogP contribution in [-0.2, 0) is 17.4 Å². The fourth-order valence-electron chi connectivity index (χ4n) is 3.39. The number of carbonyl (C=O) groups excluding carboxylic acids is 1. The summed E-state index contributed by atoms with van der Waals surface area (Å²) in [6.07, 6.45) is -3.20. The molecular weight excluding hydrogens is 475 g/mol. The van der Waals surface area contributed by atoms with E-state index in [0.717, 1.165) is 15.7 Å². The van der Waals surface area contributed by atoms with Crippen LogP contribution in [0.1, 0.15) is 28.6 Å². The molecule has 0 saturated heterocycles. The third-order valence-corrected chi connectivity index (χ3v) is 6.68. The van der Waals surface area contributed by atoms with E-state index in [9.17, 15) is 23.1 Å². The van der Waals surface area contributed by atoms with Crippen molar-refractivity contribution in [1.82, 2.24) is 14.9 Å². The molecule has 2 N–H and O–H groups in total. The van der Waals surface area contributed by atoms with Crippen molar-refractivity contribution >= 4 is 29.3 Å². The van der Waals surface area contributed by atoms with Crippen molar-refractivity contribution in [2.45, 2.75) is 23.4 Å². The largest absolute Gasteiger partial charge is 0.424 e. The summed E-state index contributed by atoms with van der Waals surface area (Å²) in [5.74, 6) is -0.931. The second-order valence-corrected chi connectivity index (χ2v) is 9.00. The smallest absolute Gasteiger partial charge is 0.374 e. The Morgan fingerprint density at radius 2 is 1.79 bits per heavy atom. The Bertz CT molecular complexity index is 1060. The maximum Gasteiger partial charge on any atom is 0.424 e. The number of alkyl halides is 3. The van der Waals surface area contributed by atoms with Gasteiger partial charge in [-0.25, -0.2) is 4.98 Å². The van der Waals surface area contributed by atoms with Crippen LogP contribution in [0, 0.1) is 0 Å². The summed E-state index contributed by atoms with van der Waals surface area (Å²) in [4.78, 5) is 16.1. The predicted molar refractivity (Wildman–Crippen MR) is 123 cm³/mol. The zero-order valence-corrected chi connectivity index (χ0v) is 19.3. The second kappa shape index (κ2) is 10.6. The molecule has 3 aromatic rings. The highest BCUT2D eigenvalue weighted by molar-refractivity contribution is 8.00. The summed E-state index contributed by atoms with van der Waals surface area (Å²) < 4.78 is 41.9. The normalized spacial score (nSPS) is 14.5. The molecular formula is C23H23ClF3N3O2S. The van der Waals surface area contributed by atoms with Crippen LogP contribution < -0.4 is 5.32 Å². The lowest BCUT2D eigenvalue weighted by Crippen LogP contribution is -2.46. The number of aliphatic hydroxyl groups is 1. The summed E-state index contributed by atoms with van der Waals surface area (Å²) in [7, 11) is 1.37. The molecule has 0 radical (unpaired) electrons. The number of nitrogens with one attached hydrogen (secondary N) is 1. The minimum atomic E-state index is -4.95. The molecule has 1 amide bonds. The fraction of sp³-hybridized carbons (Fsp3) is 0.304. The van der Waals surface area contributed by atoms with Crippen molar-refractivity contribution in [3.63, 3.8) is 0 Å². The molecule has 1 aromatic heterocycles. The van der Waals surface area contributed by atoms with E-state index >= 15 is 0 Å². The van der Waals surface area contributed by atoms with Gasteiger partial charge >= 0.3 is 6.18 Å². The van der Waals surface area contributed by atoms with Gasteiger partial charge in [-0.15, -0.1) is 11.8 Å². The molecule has 0 aliphatic carbocycles. The van der Waals surface area contributed by atoms with Crippen LogP contribution in [0.3, 0.4) is 0 Å². The first-order chi connectivity index (χ1) is 15.6. The van der Waals surface area contributed by atoms with Crippen LogP contribution >= 0.6 is 23.4 Å². The third kappa shape index (κ3) is 6.10. The van der Waals surface area contributed by atoms with E-state index in [1.54, 1.807) is 12.1 Å². The Morgan fingerprint density at radius 1 is 1.15 bits per heavy atom. The average Bonchev–Trinajstić information content (AvgIpc) is 3.21.